The molecule has 1 aliphatic heterocycles. The van der Waals surface area contributed by atoms with Gasteiger partial charge >= 0.3 is 5.97 Å². The minimum absolute atomic E-state index is 0.00310. The fraction of sp³-hybridized carbons (Fsp3) is 0.217. The zero-order valence-corrected chi connectivity index (χ0v) is 17.5. The van der Waals surface area contributed by atoms with Crippen molar-refractivity contribution in [2.75, 3.05) is 6.54 Å². The highest BCUT2D eigenvalue weighted by Gasteiger charge is 2.28. The summed E-state index contributed by atoms with van der Waals surface area (Å²) in [6, 6.07) is 12.5. The van der Waals surface area contributed by atoms with Gasteiger partial charge in [0.25, 0.3) is 5.91 Å². The maximum Gasteiger partial charge on any atom is 0.305 e. The topological polar surface area (TPSA) is 135 Å². The number of aromatic nitrogens is 2. The Labute approximate surface area is 184 Å². The van der Waals surface area contributed by atoms with Gasteiger partial charge in [-0.2, -0.15) is 0 Å². The third-order valence-electron chi connectivity index (χ3n) is 5.34. The lowest BCUT2D eigenvalue weighted by atomic mass is 10.1. The molecule has 9 heteroatoms. The molecule has 0 fully saturated rings. The number of nitrogens with two attached hydrogens (primary N) is 1. The predicted octanol–water partition coefficient (Wildman–Crippen LogP) is 2.47. The van der Waals surface area contributed by atoms with Crippen molar-refractivity contribution in [3.8, 4) is 11.4 Å². The molecule has 0 saturated carbocycles. The van der Waals surface area contributed by atoms with E-state index < -0.39 is 5.97 Å². The number of nitrogen functional groups attached to an aromatic ring is 1. The van der Waals surface area contributed by atoms with Crippen molar-refractivity contribution in [1.29, 1.82) is 5.41 Å². The highest BCUT2D eigenvalue weighted by atomic mass is 16.5. The van der Waals surface area contributed by atoms with Crippen LogP contribution in [0.15, 0.2) is 48.7 Å². The summed E-state index contributed by atoms with van der Waals surface area (Å²) in [5.41, 5.74) is 9.02. The third-order valence-corrected chi connectivity index (χ3v) is 5.34. The van der Waals surface area contributed by atoms with Crippen molar-refractivity contribution in [3.63, 3.8) is 0 Å². The molecule has 0 aliphatic carbocycles. The molecule has 0 saturated heterocycles. The number of hydrogen-bond donors (Lipinski definition) is 3. The van der Waals surface area contributed by atoms with Gasteiger partial charge in [0, 0.05) is 24.0 Å². The minimum atomic E-state index is -0.963. The van der Waals surface area contributed by atoms with Crippen LogP contribution in [0.3, 0.4) is 0 Å². The number of carbonyl (C=O) groups is 2. The first-order valence-corrected chi connectivity index (χ1v) is 10.1. The lowest BCUT2D eigenvalue weighted by Crippen LogP contribution is -2.32. The largest absolute Gasteiger partial charge is 0.489 e. The van der Waals surface area contributed by atoms with Crippen molar-refractivity contribution < 1.29 is 19.4 Å². The fourth-order valence-corrected chi connectivity index (χ4v) is 3.67. The smallest absolute Gasteiger partial charge is 0.305 e. The highest BCUT2D eigenvalue weighted by molar-refractivity contribution is 5.99. The van der Waals surface area contributed by atoms with Gasteiger partial charge in [-0.3, -0.25) is 19.6 Å². The number of amidine groups is 1. The van der Waals surface area contributed by atoms with Crippen LogP contribution in [0.2, 0.25) is 0 Å². The average Bonchev–Trinajstić information content (AvgIpc) is 3.08. The number of imidazole rings is 1. The average molecular weight is 433 g/mol. The van der Waals surface area contributed by atoms with E-state index in [9.17, 15) is 9.59 Å². The Morgan fingerprint density at radius 2 is 2.00 bits per heavy atom. The maximum absolute atomic E-state index is 13.3. The number of amides is 1. The van der Waals surface area contributed by atoms with Crippen LogP contribution < -0.4 is 10.5 Å². The van der Waals surface area contributed by atoms with Gasteiger partial charge in [0.05, 0.1) is 24.2 Å². The first kappa shape index (κ1) is 21.1. The number of carbonyl (C=O) groups excluding carboxylic acids is 1. The van der Waals surface area contributed by atoms with Gasteiger partial charge in [0.2, 0.25) is 0 Å². The number of aliphatic carboxylic acids is 1. The molecule has 1 aromatic heterocycles. The molecule has 0 radical (unpaired) electrons. The summed E-state index contributed by atoms with van der Waals surface area (Å²) in [6.07, 6.45) is 1.59. The van der Waals surface area contributed by atoms with Crippen molar-refractivity contribution in [1.82, 2.24) is 14.5 Å². The van der Waals surface area contributed by atoms with Crippen LogP contribution in [0.4, 0.5) is 0 Å². The quantitative estimate of drug-likeness (QED) is 0.387. The molecule has 164 valence electrons. The summed E-state index contributed by atoms with van der Waals surface area (Å²) >= 11 is 0. The lowest BCUT2D eigenvalue weighted by Gasteiger charge is -2.19. The zero-order valence-electron chi connectivity index (χ0n) is 17.5. The number of nitrogens with zero attached hydrogens (tertiary/aromatic N) is 3. The molecule has 1 aliphatic rings. The number of aryl methyl sites for hydroxylation is 1. The van der Waals surface area contributed by atoms with Gasteiger partial charge in [-0.1, -0.05) is 24.3 Å². The molecular weight excluding hydrogens is 410 g/mol. The van der Waals surface area contributed by atoms with Crippen LogP contribution in [0.1, 0.15) is 39.4 Å². The van der Waals surface area contributed by atoms with E-state index in [-0.39, 0.29) is 37.9 Å². The van der Waals surface area contributed by atoms with Gasteiger partial charge in [0.15, 0.2) is 0 Å². The van der Waals surface area contributed by atoms with Gasteiger partial charge in [-0.15, -0.1) is 0 Å². The first-order chi connectivity index (χ1) is 15.3. The Kier molecular flexibility index (Phi) is 5.63. The zero-order chi connectivity index (χ0) is 22.8. The number of carboxylic acids is 1. The summed E-state index contributed by atoms with van der Waals surface area (Å²) in [6.45, 7) is 2.51. The molecule has 1 amide bonds. The second-order valence-corrected chi connectivity index (χ2v) is 7.60. The summed E-state index contributed by atoms with van der Waals surface area (Å²) in [7, 11) is 0. The van der Waals surface area contributed by atoms with Crippen LogP contribution in [-0.4, -0.2) is 43.8 Å². The monoisotopic (exact) mass is 433 g/mol. The molecule has 9 nitrogen and oxygen atoms in total. The molecule has 0 spiro atoms. The SMILES string of the molecule is Cc1cnc2n1-c1ccc(OCc3ccc(C(=N)N)cc3)cc1C(=O)N(CCC(=O)O)C2. The standard InChI is InChI=1S/C23H23N5O4/c1-14-11-26-20-12-27(9-8-21(29)30)23(31)18-10-17(6-7-19(18)28(14)20)32-13-15-2-4-16(5-3-15)22(24)25/h2-7,10-11H,8-9,12-13H2,1H3,(H3,24,25)(H,29,30). The second-order valence-electron chi connectivity index (χ2n) is 7.60. The van der Waals surface area contributed by atoms with E-state index >= 15 is 0 Å². The second kappa shape index (κ2) is 8.54. The maximum atomic E-state index is 13.3. The van der Waals surface area contributed by atoms with Gasteiger partial charge in [-0.05, 0) is 30.7 Å². The molecule has 0 atom stereocenters. The van der Waals surface area contributed by atoms with Crippen LogP contribution in [0, 0.1) is 12.3 Å². The summed E-state index contributed by atoms with van der Waals surface area (Å²) in [5.74, 6) is -0.0215. The van der Waals surface area contributed by atoms with Crippen molar-refractivity contribution in [3.05, 3.63) is 76.9 Å². The molecular formula is C23H23N5O4. The Hall–Kier alpha value is -4.14. The number of benzene rings is 2. The van der Waals surface area contributed by atoms with E-state index in [1.165, 1.54) is 4.90 Å². The van der Waals surface area contributed by atoms with Crippen molar-refractivity contribution in [2.24, 2.45) is 5.73 Å². The van der Waals surface area contributed by atoms with Crippen molar-refractivity contribution in [2.45, 2.75) is 26.5 Å². The normalized spacial score (nSPS) is 12.7. The van der Waals surface area contributed by atoms with Gasteiger partial charge in [0.1, 0.15) is 24.0 Å². The van der Waals surface area contributed by atoms with E-state index in [0.717, 1.165) is 11.3 Å². The molecule has 3 aromatic rings. The molecule has 0 bridgehead atoms. The van der Waals surface area contributed by atoms with Gasteiger partial charge in [-0.25, -0.2) is 4.98 Å². The van der Waals surface area contributed by atoms with Crippen LogP contribution in [0.25, 0.3) is 5.69 Å². The number of ether oxygens (including phenoxy) is 1. The van der Waals surface area contributed by atoms with E-state index in [1.807, 2.05) is 29.7 Å². The van der Waals surface area contributed by atoms with E-state index in [1.54, 1.807) is 30.5 Å². The Balaban J connectivity index is 1.62. The van der Waals surface area contributed by atoms with E-state index in [0.29, 0.717) is 28.4 Å². The first-order valence-electron chi connectivity index (χ1n) is 10.1. The highest BCUT2D eigenvalue weighted by Crippen LogP contribution is 2.29. The molecule has 0 unspecified atom stereocenters. The molecule has 4 N–H and O–H groups in total. The Morgan fingerprint density at radius 3 is 2.69 bits per heavy atom. The Morgan fingerprint density at radius 1 is 1.25 bits per heavy atom. The lowest BCUT2D eigenvalue weighted by molar-refractivity contribution is -0.137. The number of nitrogens with one attached hydrogen (secondary N) is 1. The summed E-state index contributed by atoms with van der Waals surface area (Å²) < 4.78 is 7.82. The predicted molar refractivity (Wildman–Crippen MR) is 117 cm³/mol. The van der Waals surface area contributed by atoms with Gasteiger partial charge < -0.3 is 20.5 Å². The van der Waals surface area contributed by atoms with Crippen LogP contribution >= 0.6 is 0 Å². The van der Waals surface area contributed by atoms with Crippen LogP contribution in [0.5, 0.6) is 5.75 Å². The van der Waals surface area contributed by atoms with E-state index in [4.69, 9.17) is 21.0 Å². The number of fused-ring (bicyclic) bond motifs is 3. The third kappa shape index (κ3) is 4.18. The number of carboxylic acid groups (broad SMARTS) is 1. The van der Waals surface area contributed by atoms with Crippen LogP contribution in [-0.2, 0) is 17.9 Å². The number of rotatable bonds is 7. The fourth-order valence-electron chi connectivity index (χ4n) is 3.67. The van der Waals surface area contributed by atoms with Crippen molar-refractivity contribution >= 4 is 17.7 Å². The molecule has 4 rings (SSSR count). The minimum Gasteiger partial charge on any atom is -0.489 e. The molecule has 2 aromatic carbocycles. The van der Waals surface area contributed by atoms with E-state index in [2.05, 4.69) is 4.98 Å². The molecule has 2 heterocycles. The molecule has 32 heavy (non-hydrogen) atoms. The Bertz CT molecular complexity index is 1200. The number of hydrogen-bond acceptors (Lipinski definition) is 5. The summed E-state index contributed by atoms with van der Waals surface area (Å²) in [5, 5.41) is 16.5. The summed E-state index contributed by atoms with van der Waals surface area (Å²) in [4.78, 5) is 30.2.